The molecule has 1 fully saturated rings. The molecule has 0 unspecified atom stereocenters. The van der Waals surface area contributed by atoms with Crippen molar-refractivity contribution in [3.8, 4) is 22.7 Å². The van der Waals surface area contributed by atoms with Crippen LogP contribution in [0.2, 0.25) is 0 Å². The number of ether oxygens (including phenoxy) is 1. The maximum atomic E-state index is 14.2. The van der Waals surface area contributed by atoms with Gasteiger partial charge in [0.25, 0.3) is 5.56 Å². The lowest BCUT2D eigenvalue weighted by atomic mass is 10.1. The van der Waals surface area contributed by atoms with Gasteiger partial charge in [0, 0.05) is 49.2 Å². The molecule has 2 N–H and O–H groups in total. The van der Waals surface area contributed by atoms with Gasteiger partial charge in [-0.15, -0.1) is 0 Å². The Balaban J connectivity index is 1.46. The van der Waals surface area contributed by atoms with Crippen molar-refractivity contribution < 1.29 is 9.53 Å². The average Bonchev–Trinajstić information content (AvgIpc) is 3.05. The van der Waals surface area contributed by atoms with Gasteiger partial charge >= 0.3 is 0 Å². The minimum Gasteiger partial charge on any atom is -0.494 e. The molecule has 5 aromatic rings. The number of likely N-dealkylation sites (N-methyl/N-ethyl adjacent to an activating group) is 1. The van der Waals surface area contributed by atoms with Crippen molar-refractivity contribution in [2.75, 3.05) is 55.9 Å². The van der Waals surface area contributed by atoms with Gasteiger partial charge in [-0.1, -0.05) is 43.0 Å². The number of aromatic nitrogens is 4. The van der Waals surface area contributed by atoms with E-state index in [1.807, 2.05) is 49.4 Å². The Morgan fingerprint density at radius 3 is 2.44 bits per heavy atom. The predicted molar refractivity (Wildman–Crippen MR) is 178 cm³/mol. The molecule has 0 saturated carbocycles. The number of nitrogens with zero attached hydrogens (tertiary/aromatic N) is 6. The number of nitrogens with one attached hydrogen (secondary N) is 2. The van der Waals surface area contributed by atoms with Crippen LogP contribution in [0.5, 0.6) is 5.75 Å². The van der Waals surface area contributed by atoms with Crippen molar-refractivity contribution >= 4 is 40.1 Å². The number of methoxy groups -OCH3 is 1. The number of anilines is 4. The quantitative estimate of drug-likeness (QED) is 0.242. The van der Waals surface area contributed by atoms with Gasteiger partial charge in [0.1, 0.15) is 17.0 Å². The second-order valence-corrected chi connectivity index (χ2v) is 10.8. The first-order valence-corrected chi connectivity index (χ1v) is 14.6. The van der Waals surface area contributed by atoms with E-state index in [9.17, 15) is 9.59 Å². The Morgan fingerprint density at radius 1 is 0.933 bits per heavy atom. The monoisotopic (exact) mass is 602 g/mol. The van der Waals surface area contributed by atoms with Crippen LogP contribution in [-0.2, 0) is 4.79 Å². The number of carbonyl (C=O) groups excluding carboxylic acids is 1. The maximum Gasteiger partial charge on any atom is 0.283 e. The Labute approximate surface area is 260 Å². The average molecular weight is 603 g/mol. The first kappa shape index (κ1) is 29.5. The van der Waals surface area contributed by atoms with E-state index in [1.165, 1.54) is 10.6 Å². The molecule has 228 valence electrons. The number of amides is 1. The molecule has 0 bridgehead atoms. The number of carbonyl (C=O) groups is 1. The number of hydrogen-bond acceptors (Lipinski definition) is 9. The SMILES string of the molecule is C=CC(=O)Nc1cccc(-n2c(=O)c(-c3ccccc3)nc3c(C)nc(Nc4ccc(N5CCN(C)CC5)cc4OC)nc32)c1. The molecule has 11 nitrogen and oxygen atoms in total. The summed E-state index contributed by atoms with van der Waals surface area (Å²) in [6, 6.07) is 22.3. The zero-order chi connectivity index (χ0) is 31.5. The van der Waals surface area contributed by atoms with Crippen LogP contribution in [0, 0.1) is 6.92 Å². The first-order valence-electron chi connectivity index (χ1n) is 14.6. The summed E-state index contributed by atoms with van der Waals surface area (Å²) in [4.78, 5) is 45.1. The Morgan fingerprint density at radius 2 is 1.71 bits per heavy atom. The van der Waals surface area contributed by atoms with Crippen LogP contribution in [0.4, 0.5) is 23.0 Å². The summed E-state index contributed by atoms with van der Waals surface area (Å²) in [7, 11) is 3.76. The molecule has 2 aromatic heterocycles. The Hall–Kier alpha value is -5.55. The van der Waals surface area contributed by atoms with Gasteiger partial charge in [-0.05, 0) is 50.4 Å². The van der Waals surface area contributed by atoms with Gasteiger partial charge in [0.2, 0.25) is 11.9 Å². The highest BCUT2D eigenvalue weighted by molar-refractivity contribution is 5.99. The molecule has 1 amide bonds. The van der Waals surface area contributed by atoms with Crippen LogP contribution < -0.4 is 25.8 Å². The molecule has 3 aromatic carbocycles. The van der Waals surface area contributed by atoms with Crippen LogP contribution in [0.1, 0.15) is 5.69 Å². The molecular weight excluding hydrogens is 568 g/mol. The Bertz CT molecular complexity index is 1950. The third kappa shape index (κ3) is 6.11. The lowest BCUT2D eigenvalue weighted by Crippen LogP contribution is -2.44. The summed E-state index contributed by atoms with van der Waals surface area (Å²) in [5.74, 6) is 0.568. The molecule has 1 saturated heterocycles. The standard InChI is InChI=1S/C34H34N8O3/c1-5-29(43)36-24-12-9-13-26(20-24)42-32-30(38-31(33(42)44)23-10-7-6-8-11-23)22(2)35-34(39-32)37-27-15-14-25(21-28(27)45-4)41-18-16-40(3)17-19-41/h5-15,20-21H,1,16-19H2,2-4H3,(H,36,43)(H,35,37,39). The summed E-state index contributed by atoms with van der Waals surface area (Å²) < 4.78 is 7.26. The topological polar surface area (TPSA) is 118 Å². The number of hydrogen-bond donors (Lipinski definition) is 2. The minimum absolute atomic E-state index is 0.261. The fourth-order valence-corrected chi connectivity index (χ4v) is 5.36. The van der Waals surface area contributed by atoms with E-state index < -0.39 is 0 Å². The number of benzene rings is 3. The van der Waals surface area contributed by atoms with Crippen molar-refractivity contribution in [1.82, 2.24) is 24.4 Å². The van der Waals surface area contributed by atoms with E-state index in [2.05, 4.69) is 40.1 Å². The summed E-state index contributed by atoms with van der Waals surface area (Å²) in [6.07, 6.45) is 1.19. The highest BCUT2D eigenvalue weighted by Gasteiger charge is 2.20. The van der Waals surface area contributed by atoms with Crippen LogP contribution in [0.3, 0.4) is 0 Å². The molecule has 0 atom stereocenters. The highest BCUT2D eigenvalue weighted by atomic mass is 16.5. The molecule has 0 aliphatic carbocycles. The summed E-state index contributed by atoms with van der Waals surface area (Å²) in [5.41, 5.74) is 4.71. The van der Waals surface area contributed by atoms with Crippen molar-refractivity contribution in [1.29, 1.82) is 0 Å². The van der Waals surface area contributed by atoms with Gasteiger partial charge in [0.15, 0.2) is 5.65 Å². The lowest BCUT2D eigenvalue weighted by molar-refractivity contribution is -0.111. The van der Waals surface area contributed by atoms with Crippen LogP contribution >= 0.6 is 0 Å². The summed E-state index contributed by atoms with van der Waals surface area (Å²) >= 11 is 0. The van der Waals surface area contributed by atoms with E-state index in [4.69, 9.17) is 19.7 Å². The second-order valence-electron chi connectivity index (χ2n) is 10.8. The summed E-state index contributed by atoms with van der Waals surface area (Å²) in [5, 5.41) is 6.06. The van der Waals surface area contributed by atoms with E-state index in [1.54, 1.807) is 31.4 Å². The first-order chi connectivity index (χ1) is 21.8. The third-order valence-corrected chi connectivity index (χ3v) is 7.79. The number of aryl methyl sites for hydroxylation is 1. The third-order valence-electron chi connectivity index (χ3n) is 7.79. The highest BCUT2D eigenvalue weighted by Crippen LogP contribution is 2.32. The number of fused-ring (bicyclic) bond motifs is 1. The largest absolute Gasteiger partial charge is 0.494 e. The smallest absolute Gasteiger partial charge is 0.283 e. The molecule has 45 heavy (non-hydrogen) atoms. The van der Waals surface area contributed by atoms with Crippen LogP contribution in [0.25, 0.3) is 28.1 Å². The maximum absolute atomic E-state index is 14.2. The predicted octanol–water partition coefficient (Wildman–Crippen LogP) is 4.78. The Kier molecular flexibility index (Phi) is 8.26. The summed E-state index contributed by atoms with van der Waals surface area (Å²) in [6.45, 7) is 9.23. The fourth-order valence-electron chi connectivity index (χ4n) is 5.36. The molecule has 11 heteroatoms. The van der Waals surface area contributed by atoms with E-state index in [0.717, 1.165) is 31.9 Å². The lowest BCUT2D eigenvalue weighted by Gasteiger charge is -2.34. The van der Waals surface area contributed by atoms with Crippen molar-refractivity contribution in [3.63, 3.8) is 0 Å². The van der Waals surface area contributed by atoms with Crippen molar-refractivity contribution in [2.24, 2.45) is 0 Å². The van der Waals surface area contributed by atoms with Gasteiger partial charge in [-0.2, -0.15) is 4.98 Å². The van der Waals surface area contributed by atoms with Crippen molar-refractivity contribution in [2.45, 2.75) is 6.92 Å². The van der Waals surface area contributed by atoms with Gasteiger partial charge < -0.3 is 25.2 Å². The van der Waals surface area contributed by atoms with Gasteiger partial charge in [-0.25, -0.2) is 9.97 Å². The van der Waals surface area contributed by atoms with Crippen LogP contribution in [0.15, 0.2) is 90.2 Å². The zero-order valence-electron chi connectivity index (χ0n) is 25.4. The minimum atomic E-state index is -0.362. The second kappa shape index (κ2) is 12.6. The van der Waals surface area contributed by atoms with Crippen LogP contribution in [-0.4, -0.2) is 70.7 Å². The molecule has 3 heterocycles. The fraction of sp³-hybridized carbons (Fsp3) is 0.206. The molecule has 0 spiro atoms. The number of piperazine rings is 1. The van der Waals surface area contributed by atoms with Crippen molar-refractivity contribution in [3.05, 3.63) is 101 Å². The van der Waals surface area contributed by atoms with Gasteiger partial charge in [0.05, 0.1) is 24.2 Å². The number of rotatable bonds is 8. The van der Waals surface area contributed by atoms with E-state index >= 15 is 0 Å². The zero-order valence-corrected chi connectivity index (χ0v) is 25.4. The molecule has 1 aliphatic rings. The molecule has 1 aliphatic heterocycles. The van der Waals surface area contributed by atoms with Gasteiger partial charge in [-0.3, -0.25) is 14.2 Å². The van der Waals surface area contributed by atoms with E-state index in [-0.39, 0.29) is 23.1 Å². The normalized spacial score (nSPS) is 13.4. The molecular formula is C34H34N8O3. The molecule has 6 rings (SSSR count). The van der Waals surface area contributed by atoms with E-state index in [0.29, 0.717) is 45.2 Å². The molecule has 0 radical (unpaired) electrons.